The molecule has 18 heteroatoms. The van der Waals surface area contributed by atoms with Gasteiger partial charge in [0.05, 0.1) is 41.8 Å². The Kier molecular flexibility index (Phi) is 13.1. The Labute approximate surface area is 327 Å². The molecule has 2 aromatic carbocycles. The zero-order valence-corrected chi connectivity index (χ0v) is 35.0. The molecule has 0 aromatic heterocycles. The first-order valence-corrected chi connectivity index (χ1v) is 21.7. The fourth-order valence-electron chi connectivity index (χ4n) is 5.59. The van der Waals surface area contributed by atoms with E-state index >= 15 is 0 Å². The predicted molar refractivity (Wildman–Crippen MR) is 211 cm³/mol. The minimum absolute atomic E-state index is 0.00741. The average Bonchev–Trinajstić information content (AvgIpc) is 3.11. The van der Waals surface area contributed by atoms with E-state index < -0.39 is 60.6 Å². The number of allylic oxidation sites excluding steroid dienone is 2. The Morgan fingerprint density at radius 2 is 1.12 bits per heavy atom. The number of hydrogen-bond donors (Lipinski definition) is 0. The van der Waals surface area contributed by atoms with Gasteiger partial charge in [-0.3, -0.25) is 14.4 Å². The van der Waals surface area contributed by atoms with Crippen LogP contribution in [0.25, 0.3) is 27.6 Å². The minimum atomic E-state index is -3.66. The number of benzene rings is 2. The SMILES string of the molecule is CC(C)(C)S(=O)(=O)C1=CC(=[N+]=[N-])C(=O)c2ccccc21.CC(C)(C)S(=O)(=O)C1CCC(=O)C(=[N+]=[N-])C1.CC(C)(C)S(=O)(=O)c1cccc2c1C=CC(=[N+]=[N-])C2=O. The number of carbonyl (C=O) groups is 3. The maximum Gasteiger partial charge on any atom is 0.364 e. The molecule has 0 amide bonds. The lowest BCUT2D eigenvalue weighted by atomic mass is 9.95. The van der Waals surface area contributed by atoms with Gasteiger partial charge in [0.1, 0.15) is 0 Å². The normalized spacial score (nSPS) is 17.4. The van der Waals surface area contributed by atoms with Crippen LogP contribution in [0.15, 0.2) is 59.5 Å². The molecule has 0 spiro atoms. The van der Waals surface area contributed by atoms with Crippen LogP contribution in [0.5, 0.6) is 0 Å². The van der Waals surface area contributed by atoms with Crippen molar-refractivity contribution in [3.8, 4) is 0 Å². The van der Waals surface area contributed by atoms with Crippen molar-refractivity contribution in [2.75, 3.05) is 0 Å². The Bertz CT molecular complexity index is 2570. The van der Waals surface area contributed by atoms with Crippen LogP contribution >= 0.6 is 0 Å². The van der Waals surface area contributed by atoms with E-state index in [1.807, 2.05) is 0 Å². The minimum Gasteiger partial charge on any atom is -0.361 e. The highest BCUT2D eigenvalue weighted by atomic mass is 32.2. The van der Waals surface area contributed by atoms with Crippen molar-refractivity contribution in [2.45, 2.75) is 106 Å². The fourth-order valence-corrected chi connectivity index (χ4v) is 10.2. The van der Waals surface area contributed by atoms with Crippen LogP contribution in [0.4, 0.5) is 0 Å². The summed E-state index contributed by atoms with van der Waals surface area (Å²) in [5.41, 5.74) is 27.0. The standard InChI is InChI=1S/2C14H14N2O3S.C10H16N2O3S/c1-14(2,3)20(18,19)12-6-4-5-10-9(12)7-8-11(16-15)13(10)17;1-14(2,3)20(18,19)12-8-11(16-15)13(17)10-7-5-4-6-9(10)12;1-10(2,3)16(14,15)7-4-5-9(13)8(6-7)12-11/h2*4-8H,1-3H3;7H,4-6H2,1-3H3. The third kappa shape index (κ3) is 8.81. The number of hydrogen-bond acceptors (Lipinski definition) is 9. The fraction of sp³-hybridized carbons (Fsp3) is 0.421. The maximum atomic E-state index is 12.6. The summed E-state index contributed by atoms with van der Waals surface area (Å²) in [6.45, 7) is 14.5. The van der Waals surface area contributed by atoms with Crippen molar-refractivity contribution in [3.63, 3.8) is 0 Å². The third-order valence-electron chi connectivity index (χ3n) is 9.15. The highest BCUT2D eigenvalue weighted by Crippen LogP contribution is 2.36. The lowest BCUT2D eigenvalue weighted by Crippen LogP contribution is -2.42. The van der Waals surface area contributed by atoms with Gasteiger partial charge in [0.25, 0.3) is 11.6 Å². The molecule has 298 valence electrons. The molecular weight excluding hydrogens is 781 g/mol. The summed E-state index contributed by atoms with van der Waals surface area (Å²) in [5.74, 6) is -1.24. The van der Waals surface area contributed by atoms with Crippen LogP contribution < -0.4 is 0 Å². The van der Waals surface area contributed by atoms with Crippen molar-refractivity contribution in [3.05, 3.63) is 93.5 Å². The van der Waals surface area contributed by atoms with Crippen LogP contribution in [0.2, 0.25) is 0 Å². The summed E-state index contributed by atoms with van der Waals surface area (Å²) in [5, 5.41) is -0.615. The number of nitrogens with zero attached hydrogens (tertiary/aromatic N) is 6. The molecule has 0 heterocycles. The lowest BCUT2D eigenvalue weighted by molar-refractivity contribution is -0.118. The molecule has 15 nitrogen and oxygen atoms in total. The highest BCUT2D eigenvalue weighted by molar-refractivity contribution is 8.01. The van der Waals surface area contributed by atoms with Gasteiger partial charge >= 0.3 is 17.1 Å². The van der Waals surface area contributed by atoms with Crippen molar-refractivity contribution in [2.24, 2.45) is 0 Å². The number of ketones is 3. The summed E-state index contributed by atoms with van der Waals surface area (Å²) < 4.78 is 71.8. The molecule has 1 saturated carbocycles. The molecule has 1 fully saturated rings. The van der Waals surface area contributed by atoms with Gasteiger partial charge in [-0.2, -0.15) is 14.4 Å². The molecule has 1 atom stereocenters. The Morgan fingerprint density at radius 1 is 0.607 bits per heavy atom. The zero-order valence-electron chi connectivity index (χ0n) is 32.6. The smallest absolute Gasteiger partial charge is 0.361 e. The Hall–Kier alpha value is -5.08. The van der Waals surface area contributed by atoms with Gasteiger partial charge in [-0.05, 0) is 80.9 Å². The van der Waals surface area contributed by atoms with Gasteiger partial charge in [-0.15, -0.1) is 0 Å². The largest absolute Gasteiger partial charge is 0.364 e. The van der Waals surface area contributed by atoms with Gasteiger partial charge in [0.15, 0.2) is 29.5 Å². The summed E-state index contributed by atoms with van der Waals surface area (Å²) in [7, 11) is -10.5. The van der Waals surface area contributed by atoms with Crippen LogP contribution in [0.3, 0.4) is 0 Å². The van der Waals surface area contributed by atoms with E-state index in [2.05, 4.69) is 14.4 Å². The zero-order chi connectivity index (χ0) is 42.8. The number of fused-ring (bicyclic) bond motifs is 2. The van der Waals surface area contributed by atoms with Gasteiger partial charge in [-0.25, -0.2) is 25.3 Å². The second-order valence-electron chi connectivity index (χ2n) is 16.0. The number of Topliss-reactive ketones (excluding diaryl/α,β-unsaturated/α-hetero) is 3. The van der Waals surface area contributed by atoms with Gasteiger partial charge < -0.3 is 16.6 Å². The van der Waals surface area contributed by atoms with Gasteiger partial charge in [-0.1, -0.05) is 36.4 Å². The van der Waals surface area contributed by atoms with E-state index in [1.165, 1.54) is 36.4 Å². The summed E-state index contributed by atoms with van der Waals surface area (Å²) in [6, 6.07) is 10.9. The van der Waals surface area contributed by atoms with Crippen molar-refractivity contribution in [1.29, 1.82) is 0 Å². The molecule has 0 N–H and O–H groups in total. The van der Waals surface area contributed by atoms with Gasteiger partial charge in [0.2, 0.25) is 5.78 Å². The molecule has 3 aliphatic carbocycles. The first kappa shape index (κ1) is 45.3. The van der Waals surface area contributed by atoms with Crippen LogP contribution in [-0.2, 0) is 34.3 Å². The molecular formula is C38H44N6O9S3. The maximum absolute atomic E-state index is 12.6. The number of sulfone groups is 3. The monoisotopic (exact) mass is 824 g/mol. The van der Waals surface area contributed by atoms with Crippen molar-refractivity contribution < 1.29 is 54.0 Å². The molecule has 0 radical (unpaired) electrons. The van der Waals surface area contributed by atoms with Crippen LogP contribution in [0, 0.1) is 0 Å². The third-order valence-corrected chi connectivity index (χ3v) is 17.2. The molecule has 0 saturated heterocycles. The van der Waals surface area contributed by atoms with E-state index in [0.29, 0.717) is 17.5 Å². The summed E-state index contributed by atoms with van der Waals surface area (Å²) in [6.07, 6.45) is 4.41. The van der Waals surface area contributed by atoms with E-state index in [0.717, 1.165) is 6.08 Å². The molecule has 56 heavy (non-hydrogen) atoms. The molecule has 0 aliphatic heterocycles. The lowest BCUT2D eigenvalue weighted by Gasteiger charge is -2.27. The second kappa shape index (κ2) is 16.2. The van der Waals surface area contributed by atoms with E-state index in [4.69, 9.17) is 16.6 Å². The topological polar surface area (TPSA) is 263 Å². The number of carbonyl (C=O) groups excluding carboxylic acids is 3. The second-order valence-corrected chi connectivity index (χ2v) is 24.3. The van der Waals surface area contributed by atoms with Crippen molar-refractivity contribution in [1.82, 2.24) is 0 Å². The summed E-state index contributed by atoms with van der Waals surface area (Å²) in [4.78, 5) is 44.1. The van der Waals surface area contributed by atoms with E-state index in [-0.39, 0.29) is 56.7 Å². The average molecular weight is 825 g/mol. The van der Waals surface area contributed by atoms with Crippen LogP contribution in [0.1, 0.15) is 113 Å². The first-order chi connectivity index (χ1) is 25.6. The van der Waals surface area contributed by atoms with Crippen LogP contribution in [-0.4, -0.2) is 93.6 Å². The van der Waals surface area contributed by atoms with E-state index in [1.54, 1.807) is 80.5 Å². The molecule has 2 aromatic rings. The van der Waals surface area contributed by atoms with Crippen molar-refractivity contribution >= 4 is 75.0 Å². The molecule has 0 bridgehead atoms. The Morgan fingerprint density at radius 3 is 1.62 bits per heavy atom. The quantitative estimate of drug-likeness (QED) is 0.289. The molecule has 3 aliphatic rings. The molecule has 1 unspecified atom stereocenters. The number of rotatable bonds is 3. The predicted octanol–water partition coefficient (Wildman–Crippen LogP) is 5.24. The van der Waals surface area contributed by atoms with Gasteiger partial charge in [0, 0.05) is 34.8 Å². The van der Waals surface area contributed by atoms with E-state index in [9.17, 15) is 39.6 Å². The highest BCUT2D eigenvalue weighted by Gasteiger charge is 2.44. The first-order valence-electron chi connectivity index (χ1n) is 17.2. The Balaban J connectivity index is 0.000000227. The molecule has 5 rings (SSSR count). The summed E-state index contributed by atoms with van der Waals surface area (Å²) >= 11 is 0.